The van der Waals surface area contributed by atoms with Crippen molar-refractivity contribution in [2.24, 2.45) is 0 Å². The molecule has 0 saturated carbocycles. The fourth-order valence-corrected chi connectivity index (χ4v) is 3.56. The number of aliphatic hydroxyl groups is 1. The van der Waals surface area contributed by atoms with Crippen molar-refractivity contribution in [2.45, 2.75) is 109 Å². The highest BCUT2D eigenvalue weighted by Gasteiger charge is 2.55. The molecule has 0 saturated heterocycles. The van der Waals surface area contributed by atoms with Crippen LogP contribution >= 0.6 is 0 Å². The molecular weight excluding hydrogens is 360 g/mol. The molecule has 0 fully saturated rings. The molecule has 0 aromatic carbocycles. The van der Waals surface area contributed by atoms with Crippen LogP contribution in [-0.2, 0) is 23.9 Å². The monoisotopic (exact) mass is 396 g/mol. The van der Waals surface area contributed by atoms with E-state index in [-0.39, 0.29) is 6.42 Å². The number of carbonyl (C=O) groups is 3. The minimum atomic E-state index is -2.05. The Morgan fingerprint density at radius 1 is 0.786 bits per heavy atom. The molecule has 0 bridgehead atoms. The lowest BCUT2D eigenvalue weighted by atomic mass is 9.87. The van der Waals surface area contributed by atoms with Gasteiger partial charge in [0.2, 0.25) is 5.60 Å². The maximum atomic E-state index is 12.7. The van der Waals surface area contributed by atoms with Crippen LogP contribution in [0.5, 0.6) is 0 Å². The van der Waals surface area contributed by atoms with Crippen LogP contribution < -0.4 is 0 Å². The zero-order chi connectivity index (χ0) is 21.0. The van der Waals surface area contributed by atoms with Gasteiger partial charge in [0.05, 0.1) is 0 Å². The number of hydrogen-bond donors (Lipinski definition) is 1. The number of ether oxygens (including phenoxy) is 2. The van der Waals surface area contributed by atoms with Gasteiger partial charge < -0.3 is 14.6 Å². The van der Waals surface area contributed by atoms with Gasteiger partial charge in [0.15, 0.2) is 18.0 Å². The molecule has 0 aromatic heterocycles. The predicted octanol–water partition coefficient (Wildman–Crippen LogP) is 4.03. The maximum Gasteiger partial charge on any atom is 0.303 e. The second-order valence-corrected chi connectivity index (χ2v) is 7.63. The molecule has 2 unspecified atom stereocenters. The smallest absolute Gasteiger partial charge is 0.303 e. The fourth-order valence-electron chi connectivity index (χ4n) is 3.56. The quantitative estimate of drug-likeness (QED) is 0.271. The Balaban J connectivity index is 2.41. The first-order valence-corrected chi connectivity index (χ1v) is 10.6. The van der Waals surface area contributed by atoms with Crippen LogP contribution in [0.25, 0.3) is 0 Å². The summed E-state index contributed by atoms with van der Waals surface area (Å²) in [4.78, 5) is 35.3. The van der Waals surface area contributed by atoms with Gasteiger partial charge in [-0.25, -0.2) is 0 Å². The molecule has 0 amide bonds. The van der Waals surface area contributed by atoms with Gasteiger partial charge in [0.25, 0.3) is 0 Å². The molecule has 3 atom stereocenters. The summed E-state index contributed by atoms with van der Waals surface area (Å²) in [5.74, 6) is -1.68. The molecular formula is C22H36O6. The first kappa shape index (κ1) is 24.3. The number of carbonyl (C=O) groups excluding carboxylic acids is 3. The Bertz CT molecular complexity index is 513. The molecule has 1 aliphatic rings. The van der Waals surface area contributed by atoms with E-state index in [0.29, 0.717) is 6.42 Å². The summed E-state index contributed by atoms with van der Waals surface area (Å²) in [6.07, 6.45) is 12.1. The molecule has 6 nitrogen and oxygen atoms in total. The Morgan fingerprint density at radius 3 is 1.57 bits per heavy atom. The number of Topliss-reactive ketones (excluding diaryl/α,β-unsaturated/α-hetero) is 1. The molecule has 1 aliphatic carbocycles. The second-order valence-electron chi connectivity index (χ2n) is 7.63. The lowest BCUT2D eigenvalue weighted by Gasteiger charge is -2.32. The van der Waals surface area contributed by atoms with Crippen molar-refractivity contribution in [1.82, 2.24) is 0 Å². The van der Waals surface area contributed by atoms with Gasteiger partial charge in [-0.3, -0.25) is 14.4 Å². The topological polar surface area (TPSA) is 89.9 Å². The van der Waals surface area contributed by atoms with Crippen LogP contribution in [0.3, 0.4) is 0 Å². The highest BCUT2D eigenvalue weighted by atomic mass is 16.6. The first-order valence-electron chi connectivity index (χ1n) is 10.6. The van der Waals surface area contributed by atoms with Gasteiger partial charge in [-0.05, 0) is 18.6 Å². The van der Waals surface area contributed by atoms with Crippen LogP contribution in [0, 0.1) is 0 Å². The van der Waals surface area contributed by atoms with Gasteiger partial charge in [0.1, 0.15) is 0 Å². The Labute approximate surface area is 168 Å². The summed E-state index contributed by atoms with van der Waals surface area (Å²) in [5.41, 5.74) is -2.05. The Morgan fingerprint density at radius 2 is 1.18 bits per heavy atom. The molecule has 0 aliphatic heterocycles. The average molecular weight is 397 g/mol. The highest BCUT2D eigenvalue weighted by Crippen LogP contribution is 2.32. The summed E-state index contributed by atoms with van der Waals surface area (Å²) in [6.45, 7) is 4.63. The lowest BCUT2D eigenvalue weighted by molar-refractivity contribution is -0.180. The van der Waals surface area contributed by atoms with E-state index >= 15 is 0 Å². The number of rotatable bonds is 14. The zero-order valence-electron chi connectivity index (χ0n) is 17.6. The number of esters is 2. The van der Waals surface area contributed by atoms with Crippen molar-refractivity contribution in [1.29, 1.82) is 0 Å². The van der Waals surface area contributed by atoms with E-state index < -0.39 is 35.5 Å². The average Bonchev–Trinajstić information content (AvgIpc) is 2.92. The molecule has 0 aromatic rings. The lowest BCUT2D eigenvalue weighted by Crippen LogP contribution is -2.56. The summed E-state index contributed by atoms with van der Waals surface area (Å²) < 4.78 is 10.1. The molecule has 0 spiro atoms. The van der Waals surface area contributed by atoms with E-state index in [1.807, 2.05) is 0 Å². The zero-order valence-corrected chi connectivity index (χ0v) is 17.6. The number of ketones is 1. The molecule has 6 heteroatoms. The third-order valence-electron chi connectivity index (χ3n) is 5.12. The third kappa shape index (κ3) is 7.74. The van der Waals surface area contributed by atoms with Crippen LogP contribution in [0.1, 0.15) is 91.4 Å². The Hall–Kier alpha value is -1.69. The van der Waals surface area contributed by atoms with E-state index in [1.54, 1.807) is 0 Å². The standard InChI is InChI=1S/C22H36O6/c1-4-5-6-7-8-9-10-11-12-13-14-19(25)22(26)20(27-17(2)23)15-16-21(22)28-18(3)24/h15-16,20-21,26H,4-14H2,1-3H3/t20-,21?,22?/m1/s1. The molecule has 0 heterocycles. The summed E-state index contributed by atoms with van der Waals surface area (Å²) in [6, 6.07) is 0. The molecule has 1 rings (SSSR count). The van der Waals surface area contributed by atoms with Gasteiger partial charge in [-0.15, -0.1) is 0 Å². The summed E-state index contributed by atoms with van der Waals surface area (Å²) in [7, 11) is 0. The normalized spacial score (nSPS) is 23.6. The number of hydrogen-bond acceptors (Lipinski definition) is 6. The summed E-state index contributed by atoms with van der Waals surface area (Å²) in [5, 5.41) is 11.0. The van der Waals surface area contributed by atoms with E-state index in [0.717, 1.165) is 19.3 Å². The SMILES string of the molecule is CCCCCCCCCCCCC(=O)C1(O)C(OC(C)=O)C=C[C@H]1OC(C)=O. The molecule has 1 N–H and O–H groups in total. The van der Waals surface area contributed by atoms with Crippen LogP contribution in [0.4, 0.5) is 0 Å². The van der Waals surface area contributed by atoms with Crippen LogP contribution in [0.15, 0.2) is 12.2 Å². The molecule has 160 valence electrons. The Kier molecular flexibility index (Phi) is 11.0. The van der Waals surface area contributed by atoms with Gasteiger partial charge in [-0.1, -0.05) is 64.7 Å². The van der Waals surface area contributed by atoms with Crippen molar-refractivity contribution < 1.29 is 29.0 Å². The molecule has 28 heavy (non-hydrogen) atoms. The second kappa shape index (κ2) is 12.7. The van der Waals surface area contributed by atoms with E-state index in [9.17, 15) is 19.5 Å². The predicted molar refractivity (Wildman–Crippen MR) is 107 cm³/mol. The van der Waals surface area contributed by atoms with E-state index in [2.05, 4.69) is 6.92 Å². The largest absolute Gasteiger partial charge is 0.455 e. The van der Waals surface area contributed by atoms with Gasteiger partial charge in [0, 0.05) is 20.3 Å². The maximum absolute atomic E-state index is 12.7. The van der Waals surface area contributed by atoms with E-state index in [1.165, 1.54) is 64.5 Å². The van der Waals surface area contributed by atoms with Crippen LogP contribution in [-0.4, -0.2) is 40.6 Å². The minimum Gasteiger partial charge on any atom is -0.455 e. The first-order chi connectivity index (χ1) is 13.3. The van der Waals surface area contributed by atoms with Crippen molar-refractivity contribution in [3.8, 4) is 0 Å². The van der Waals surface area contributed by atoms with Crippen molar-refractivity contribution >= 4 is 17.7 Å². The van der Waals surface area contributed by atoms with Crippen LogP contribution in [0.2, 0.25) is 0 Å². The van der Waals surface area contributed by atoms with Gasteiger partial charge >= 0.3 is 11.9 Å². The number of unbranched alkanes of at least 4 members (excludes halogenated alkanes) is 9. The third-order valence-corrected chi connectivity index (χ3v) is 5.12. The highest BCUT2D eigenvalue weighted by molar-refractivity contribution is 5.90. The van der Waals surface area contributed by atoms with Gasteiger partial charge in [-0.2, -0.15) is 0 Å². The summed E-state index contributed by atoms with van der Waals surface area (Å²) >= 11 is 0. The van der Waals surface area contributed by atoms with Crippen molar-refractivity contribution in [3.05, 3.63) is 12.2 Å². The van der Waals surface area contributed by atoms with Crippen molar-refractivity contribution in [2.75, 3.05) is 0 Å². The molecule has 0 radical (unpaired) electrons. The fraction of sp³-hybridized carbons (Fsp3) is 0.773. The minimum absolute atomic E-state index is 0.157. The van der Waals surface area contributed by atoms with E-state index in [4.69, 9.17) is 9.47 Å². The van der Waals surface area contributed by atoms with Crippen molar-refractivity contribution in [3.63, 3.8) is 0 Å².